The summed E-state index contributed by atoms with van der Waals surface area (Å²) in [5.74, 6) is 0.885. The first-order valence-electron chi connectivity index (χ1n) is 7.18. The molecule has 0 aliphatic heterocycles. The van der Waals surface area contributed by atoms with Crippen molar-refractivity contribution in [3.8, 4) is 0 Å². The Hall–Kier alpha value is -0.400. The zero-order valence-corrected chi connectivity index (χ0v) is 10.9. The predicted octanol–water partition coefficient (Wildman–Crippen LogP) is 5.69. The molecule has 2 aliphatic carbocycles. The van der Waals surface area contributed by atoms with Gasteiger partial charge in [0.25, 0.3) is 6.08 Å². The fourth-order valence-electron chi connectivity index (χ4n) is 3.60. The number of hydrogen-bond acceptors (Lipinski definition) is 0. The van der Waals surface area contributed by atoms with E-state index in [4.69, 9.17) is 0 Å². The van der Waals surface area contributed by atoms with Crippen LogP contribution >= 0.6 is 0 Å². The molecular weight excluding hydrogens is 218 g/mol. The lowest BCUT2D eigenvalue weighted by molar-refractivity contribution is 0.0904. The lowest BCUT2D eigenvalue weighted by Gasteiger charge is -2.48. The van der Waals surface area contributed by atoms with Crippen LogP contribution in [0.25, 0.3) is 0 Å². The fourth-order valence-corrected chi connectivity index (χ4v) is 3.60. The number of hydrogen-bond donors (Lipinski definition) is 0. The minimum absolute atomic E-state index is 0.292. The van der Waals surface area contributed by atoms with E-state index in [0.717, 1.165) is 5.92 Å². The van der Waals surface area contributed by atoms with Crippen LogP contribution < -0.4 is 0 Å². The number of unbranched alkanes of at least 4 members (excludes halogenated alkanes) is 2. The maximum atomic E-state index is 12.4. The number of allylic oxidation sites excluding steroid dienone is 1. The largest absolute Gasteiger partial charge is 0.269 e. The van der Waals surface area contributed by atoms with Crippen LogP contribution in [0.5, 0.6) is 0 Å². The lowest BCUT2D eigenvalue weighted by atomic mass is 9.57. The molecule has 0 aromatic heterocycles. The van der Waals surface area contributed by atoms with Crippen molar-refractivity contribution in [2.45, 2.75) is 71.1 Å². The van der Waals surface area contributed by atoms with Crippen molar-refractivity contribution in [1.29, 1.82) is 0 Å². The summed E-state index contributed by atoms with van der Waals surface area (Å²) in [5, 5.41) is 0. The van der Waals surface area contributed by atoms with Crippen molar-refractivity contribution in [1.82, 2.24) is 0 Å². The van der Waals surface area contributed by atoms with Crippen LogP contribution in [0.15, 0.2) is 11.7 Å². The zero-order valence-electron chi connectivity index (χ0n) is 10.9. The molecule has 1 spiro atoms. The van der Waals surface area contributed by atoms with Crippen molar-refractivity contribution in [2.75, 3.05) is 0 Å². The van der Waals surface area contributed by atoms with Crippen molar-refractivity contribution in [3.63, 3.8) is 0 Å². The van der Waals surface area contributed by atoms with Gasteiger partial charge in [0.15, 0.2) is 0 Å². The lowest BCUT2D eigenvalue weighted by Crippen LogP contribution is -2.36. The van der Waals surface area contributed by atoms with Gasteiger partial charge in [0.05, 0.1) is 0 Å². The van der Waals surface area contributed by atoms with Gasteiger partial charge in [0, 0.05) is 0 Å². The first-order valence-corrected chi connectivity index (χ1v) is 7.18. The minimum Gasteiger partial charge on any atom is -0.173 e. The zero-order chi connectivity index (χ0) is 12.3. The molecule has 0 radical (unpaired) electrons. The highest BCUT2D eigenvalue weighted by atomic mass is 19.3. The van der Waals surface area contributed by atoms with E-state index in [1.165, 1.54) is 51.4 Å². The molecule has 2 rings (SSSR count). The van der Waals surface area contributed by atoms with Gasteiger partial charge in [-0.05, 0) is 55.4 Å². The van der Waals surface area contributed by atoms with E-state index < -0.39 is 6.08 Å². The van der Waals surface area contributed by atoms with Crippen LogP contribution in [0.2, 0.25) is 0 Å². The summed E-state index contributed by atoms with van der Waals surface area (Å²) in [6.45, 7) is 2.24. The van der Waals surface area contributed by atoms with Crippen LogP contribution in [0.1, 0.15) is 71.1 Å². The van der Waals surface area contributed by atoms with E-state index in [9.17, 15) is 8.78 Å². The molecule has 0 bridgehead atoms. The van der Waals surface area contributed by atoms with E-state index >= 15 is 0 Å². The predicted molar refractivity (Wildman–Crippen MR) is 67.0 cm³/mol. The van der Waals surface area contributed by atoms with Gasteiger partial charge in [-0.15, -0.1) is 0 Å². The van der Waals surface area contributed by atoms with Gasteiger partial charge in [-0.3, -0.25) is 0 Å². The molecule has 98 valence electrons. The highest BCUT2D eigenvalue weighted by molar-refractivity contribution is 5.20. The van der Waals surface area contributed by atoms with Gasteiger partial charge >= 0.3 is 0 Å². The summed E-state index contributed by atoms with van der Waals surface area (Å²) in [6, 6.07) is 0. The van der Waals surface area contributed by atoms with Crippen LogP contribution in [0, 0.1) is 11.3 Å². The third-order valence-corrected chi connectivity index (χ3v) is 4.83. The molecule has 2 heteroatoms. The molecule has 0 aromatic rings. The number of rotatable bonds is 4. The molecular formula is C15H24F2. The van der Waals surface area contributed by atoms with E-state index in [1.807, 2.05) is 0 Å². The van der Waals surface area contributed by atoms with Gasteiger partial charge in [0.1, 0.15) is 0 Å². The summed E-state index contributed by atoms with van der Waals surface area (Å²) in [7, 11) is 0. The molecule has 0 aromatic carbocycles. The van der Waals surface area contributed by atoms with E-state index in [2.05, 4.69) is 6.92 Å². The second kappa shape index (κ2) is 5.49. The van der Waals surface area contributed by atoms with Gasteiger partial charge in [-0.1, -0.05) is 32.6 Å². The van der Waals surface area contributed by atoms with E-state index in [-0.39, 0.29) is 0 Å². The molecule has 0 N–H and O–H groups in total. The first kappa shape index (κ1) is 13.0. The van der Waals surface area contributed by atoms with Gasteiger partial charge in [-0.25, -0.2) is 0 Å². The van der Waals surface area contributed by atoms with Crippen LogP contribution in [-0.2, 0) is 0 Å². The molecule has 2 aliphatic rings. The molecule has 17 heavy (non-hydrogen) atoms. The topological polar surface area (TPSA) is 0 Å². The maximum absolute atomic E-state index is 12.4. The Morgan fingerprint density at radius 1 is 1.18 bits per heavy atom. The van der Waals surface area contributed by atoms with Crippen LogP contribution in [0.4, 0.5) is 8.78 Å². The molecule has 0 saturated heterocycles. The standard InChI is InChI=1S/C15H24F2/c1-2-3-4-5-12-6-8-15(9-7-12)10-13(11-15)14(16)17/h12H,2-11H2,1H3. The summed E-state index contributed by atoms with van der Waals surface area (Å²) in [4.78, 5) is 0. The van der Waals surface area contributed by atoms with Gasteiger partial charge in [0.2, 0.25) is 0 Å². The first-order chi connectivity index (χ1) is 8.15. The summed E-state index contributed by atoms with van der Waals surface area (Å²) in [6.07, 6.45) is 10.3. The van der Waals surface area contributed by atoms with E-state index in [0.29, 0.717) is 23.8 Å². The maximum Gasteiger partial charge on any atom is 0.269 e. The van der Waals surface area contributed by atoms with Crippen molar-refractivity contribution >= 4 is 0 Å². The van der Waals surface area contributed by atoms with Gasteiger partial charge in [-0.2, -0.15) is 8.78 Å². The van der Waals surface area contributed by atoms with Gasteiger partial charge < -0.3 is 0 Å². The Kier molecular flexibility index (Phi) is 4.22. The Morgan fingerprint density at radius 2 is 1.82 bits per heavy atom. The monoisotopic (exact) mass is 242 g/mol. The summed E-state index contributed by atoms with van der Waals surface area (Å²) < 4.78 is 24.8. The van der Waals surface area contributed by atoms with Crippen molar-refractivity contribution in [2.24, 2.45) is 11.3 Å². The fraction of sp³-hybridized carbons (Fsp3) is 0.867. The molecule has 0 amide bonds. The van der Waals surface area contributed by atoms with Crippen molar-refractivity contribution < 1.29 is 8.78 Å². The Bertz CT molecular complexity index is 271. The molecule has 0 atom stereocenters. The summed E-state index contributed by atoms with van der Waals surface area (Å²) >= 11 is 0. The Balaban J connectivity index is 1.71. The molecule has 2 fully saturated rings. The van der Waals surface area contributed by atoms with E-state index in [1.54, 1.807) is 0 Å². The highest BCUT2D eigenvalue weighted by Crippen LogP contribution is 2.56. The Morgan fingerprint density at radius 3 is 2.35 bits per heavy atom. The average molecular weight is 242 g/mol. The average Bonchev–Trinajstić information content (AvgIpc) is 2.27. The van der Waals surface area contributed by atoms with Crippen LogP contribution in [-0.4, -0.2) is 0 Å². The normalized spacial score (nSPS) is 32.6. The second-order valence-electron chi connectivity index (χ2n) is 6.16. The number of halogens is 2. The van der Waals surface area contributed by atoms with Crippen LogP contribution in [0.3, 0.4) is 0 Å². The molecule has 0 heterocycles. The third kappa shape index (κ3) is 3.08. The summed E-state index contributed by atoms with van der Waals surface area (Å²) in [5.41, 5.74) is 0.731. The highest BCUT2D eigenvalue weighted by Gasteiger charge is 2.44. The smallest absolute Gasteiger partial charge is 0.173 e. The SMILES string of the molecule is CCCCCC1CCC2(CC1)CC(=C(F)F)C2. The third-order valence-electron chi connectivity index (χ3n) is 4.83. The molecule has 0 nitrogen and oxygen atoms in total. The quantitative estimate of drug-likeness (QED) is 0.556. The Labute approximate surface area is 103 Å². The molecule has 2 saturated carbocycles. The van der Waals surface area contributed by atoms with Crippen molar-refractivity contribution in [3.05, 3.63) is 11.7 Å². The second-order valence-corrected chi connectivity index (χ2v) is 6.16. The molecule has 0 unspecified atom stereocenters. The minimum atomic E-state index is -1.40.